The van der Waals surface area contributed by atoms with Crippen LogP contribution < -0.4 is 5.32 Å². The predicted molar refractivity (Wildman–Crippen MR) is 121 cm³/mol. The van der Waals surface area contributed by atoms with Crippen molar-refractivity contribution in [1.82, 2.24) is 0 Å². The Bertz CT molecular complexity index is 972. The van der Waals surface area contributed by atoms with Crippen LogP contribution in [0.15, 0.2) is 66.7 Å². The quantitative estimate of drug-likeness (QED) is 0.561. The SMILES string of the molecule is Cc1ccc2ccccc2c1NC(=O)C[N+]1(Cc2ccccc2)CCCCCC1. The molecule has 0 radical (unpaired) electrons. The molecule has 1 fully saturated rings. The molecule has 0 aliphatic carbocycles. The first kappa shape index (κ1) is 19.7. The normalized spacial score (nSPS) is 16.3. The molecule has 29 heavy (non-hydrogen) atoms. The maximum atomic E-state index is 13.3. The monoisotopic (exact) mass is 387 g/mol. The van der Waals surface area contributed by atoms with E-state index >= 15 is 0 Å². The topological polar surface area (TPSA) is 29.1 Å². The lowest BCUT2D eigenvalue weighted by atomic mass is 10.0. The summed E-state index contributed by atoms with van der Waals surface area (Å²) in [5.41, 5.74) is 3.40. The molecule has 0 atom stereocenters. The molecule has 1 saturated heterocycles. The zero-order chi connectivity index (χ0) is 20.1. The Hall–Kier alpha value is -2.65. The van der Waals surface area contributed by atoms with Gasteiger partial charge < -0.3 is 9.80 Å². The minimum absolute atomic E-state index is 0.127. The van der Waals surface area contributed by atoms with Crippen molar-refractivity contribution in [2.45, 2.75) is 39.2 Å². The number of nitrogens with zero attached hydrogens (tertiary/aromatic N) is 1. The van der Waals surface area contributed by atoms with Crippen LogP contribution in [0.25, 0.3) is 10.8 Å². The summed E-state index contributed by atoms with van der Waals surface area (Å²) in [6.07, 6.45) is 4.96. The van der Waals surface area contributed by atoms with Crippen molar-refractivity contribution >= 4 is 22.4 Å². The second kappa shape index (κ2) is 8.79. The lowest BCUT2D eigenvalue weighted by molar-refractivity contribution is -0.932. The molecule has 1 heterocycles. The number of benzene rings is 3. The van der Waals surface area contributed by atoms with Crippen molar-refractivity contribution in [3.63, 3.8) is 0 Å². The number of anilines is 1. The smallest absolute Gasteiger partial charge is 0.279 e. The molecule has 3 nitrogen and oxygen atoms in total. The number of hydrogen-bond donors (Lipinski definition) is 1. The summed E-state index contributed by atoms with van der Waals surface area (Å²) in [5.74, 6) is 0.127. The van der Waals surface area contributed by atoms with E-state index in [4.69, 9.17) is 0 Å². The number of carbonyl (C=O) groups is 1. The van der Waals surface area contributed by atoms with E-state index in [9.17, 15) is 4.79 Å². The van der Waals surface area contributed by atoms with E-state index < -0.39 is 0 Å². The van der Waals surface area contributed by atoms with Crippen molar-refractivity contribution in [2.24, 2.45) is 0 Å². The molecule has 4 rings (SSSR count). The summed E-state index contributed by atoms with van der Waals surface area (Å²) in [6.45, 7) is 5.70. The number of amides is 1. The Kier molecular flexibility index (Phi) is 5.96. The standard InChI is InChI=1S/C26H30N2O/c1-21-15-16-23-13-7-8-14-24(23)26(21)27-25(29)20-28(17-9-2-3-10-18-28)19-22-11-5-4-6-12-22/h4-8,11-16H,2-3,9-10,17-20H2,1H3/p+1. The van der Waals surface area contributed by atoms with Crippen LogP contribution in [0, 0.1) is 6.92 Å². The molecule has 1 aliphatic heterocycles. The van der Waals surface area contributed by atoms with Gasteiger partial charge in [0.2, 0.25) is 0 Å². The van der Waals surface area contributed by atoms with Gasteiger partial charge in [-0.1, -0.05) is 66.7 Å². The van der Waals surface area contributed by atoms with Gasteiger partial charge in [0.15, 0.2) is 6.54 Å². The Labute approximate surface area is 173 Å². The van der Waals surface area contributed by atoms with Crippen LogP contribution in [-0.2, 0) is 11.3 Å². The van der Waals surface area contributed by atoms with Crippen LogP contribution in [0.1, 0.15) is 36.8 Å². The highest BCUT2D eigenvalue weighted by Crippen LogP contribution is 2.28. The molecule has 0 saturated carbocycles. The summed E-state index contributed by atoms with van der Waals surface area (Å²) in [7, 11) is 0. The molecule has 0 aromatic heterocycles. The number of nitrogens with one attached hydrogen (secondary N) is 1. The number of hydrogen-bond acceptors (Lipinski definition) is 1. The zero-order valence-corrected chi connectivity index (χ0v) is 17.4. The van der Waals surface area contributed by atoms with Gasteiger partial charge in [0, 0.05) is 10.9 Å². The average Bonchev–Trinajstić information content (AvgIpc) is 2.96. The van der Waals surface area contributed by atoms with E-state index in [2.05, 4.69) is 66.8 Å². The molecule has 1 aliphatic rings. The first-order chi connectivity index (χ1) is 14.2. The largest absolute Gasteiger partial charge is 0.320 e. The van der Waals surface area contributed by atoms with Crippen LogP contribution in [0.4, 0.5) is 5.69 Å². The van der Waals surface area contributed by atoms with Crippen LogP contribution >= 0.6 is 0 Å². The van der Waals surface area contributed by atoms with Gasteiger partial charge in [-0.05, 0) is 43.6 Å². The van der Waals surface area contributed by atoms with Crippen molar-refractivity contribution in [2.75, 3.05) is 25.0 Å². The second-order valence-corrected chi connectivity index (χ2v) is 8.53. The molecule has 3 aromatic rings. The first-order valence-electron chi connectivity index (χ1n) is 10.8. The summed E-state index contributed by atoms with van der Waals surface area (Å²) in [5, 5.41) is 5.56. The lowest BCUT2D eigenvalue weighted by Crippen LogP contribution is -2.52. The Morgan fingerprint density at radius 1 is 0.862 bits per heavy atom. The summed E-state index contributed by atoms with van der Waals surface area (Å²) < 4.78 is 0.861. The molecular weight excluding hydrogens is 356 g/mol. The highest BCUT2D eigenvalue weighted by atomic mass is 16.2. The van der Waals surface area contributed by atoms with Gasteiger partial charge in [-0.25, -0.2) is 0 Å². The maximum absolute atomic E-state index is 13.3. The van der Waals surface area contributed by atoms with Gasteiger partial charge in [0.05, 0.1) is 18.8 Å². The fraction of sp³-hybridized carbons (Fsp3) is 0.346. The number of quaternary nitrogens is 1. The molecule has 0 bridgehead atoms. The third-order valence-corrected chi connectivity index (χ3v) is 6.26. The van der Waals surface area contributed by atoms with Gasteiger partial charge in [-0.15, -0.1) is 0 Å². The van der Waals surface area contributed by atoms with Gasteiger partial charge in [-0.3, -0.25) is 4.79 Å². The highest BCUT2D eigenvalue weighted by molar-refractivity contribution is 6.03. The van der Waals surface area contributed by atoms with Gasteiger partial charge >= 0.3 is 0 Å². The van der Waals surface area contributed by atoms with Gasteiger partial charge in [-0.2, -0.15) is 0 Å². The number of fused-ring (bicyclic) bond motifs is 1. The van der Waals surface area contributed by atoms with Crippen molar-refractivity contribution in [1.29, 1.82) is 0 Å². The van der Waals surface area contributed by atoms with E-state index in [-0.39, 0.29) is 5.91 Å². The van der Waals surface area contributed by atoms with E-state index in [0.29, 0.717) is 6.54 Å². The average molecular weight is 388 g/mol. The molecule has 1 N–H and O–H groups in total. The molecule has 3 aromatic carbocycles. The predicted octanol–water partition coefficient (Wildman–Crippen LogP) is 5.68. The number of aryl methyl sites for hydroxylation is 1. The third kappa shape index (κ3) is 4.68. The van der Waals surface area contributed by atoms with E-state index in [0.717, 1.165) is 46.1 Å². The molecule has 0 spiro atoms. The van der Waals surface area contributed by atoms with Crippen LogP contribution in [0.2, 0.25) is 0 Å². The summed E-state index contributed by atoms with van der Waals surface area (Å²) in [4.78, 5) is 13.3. The van der Waals surface area contributed by atoms with Gasteiger partial charge in [0.25, 0.3) is 5.91 Å². The first-order valence-corrected chi connectivity index (χ1v) is 10.8. The second-order valence-electron chi connectivity index (χ2n) is 8.53. The number of likely N-dealkylation sites (tertiary alicyclic amines) is 1. The maximum Gasteiger partial charge on any atom is 0.279 e. The molecule has 1 amide bonds. The van der Waals surface area contributed by atoms with Crippen LogP contribution in [0.3, 0.4) is 0 Å². The molecule has 150 valence electrons. The van der Waals surface area contributed by atoms with Crippen molar-refractivity contribution < 1.29 is 9.28 Å². The Balaban J connectivity index is 1.58. The highest BCUT2D eigenvalue weighted by Gasteiger charge is 2.32. The third-order valence-electron chi connectivity index (χ3n) is 6.26. The molecular formula is C26H31N2O+. The van der Waals surface area contributed by atoms with E-state index in [1.807, 2.05) is 12.1 Å². The molecule has 3 heteroatoms. The van der Waals surface area contributed by atoms with Crippen LogP contribution in [-0.4, -0.2) is 30.0 Å². The minimum atomic E-state index is 0.127. The van der Waals surface area contributed by atoms with E-state index in [1.54, 1.807) is 0 Å². The fourth-order valence-electron chi connectivity index (χ4n) is 4.73. The Morgan fingerprint density at radius 2 is 1.55 bits per heavy atom. The minimum Gasteiger partial charge on any atom is -0.320 e. The van der Waals surface area contributed by atoms with Crippen LogP contribution in [0.5, 0.6) is 0 Å². The lowest BCUT2D eigenvalue weighted by Gasteiger charge is -2.37. The van der Waals surface area contributed by atoms with E-state index in [1.165, 1.54) is 31.2 Å². The summed E-state index contributed by atoms with van der Waals surface area (Å²) in [6, 6.07) is 23.1. The molecule has 0 unspecified atom stereocenters. The zero-order valence-electron chi connectivity index (χ0n) is 17.4. The number of rotatable bonds is 5. The fourth-order valence-corrected chi connectivity index (χ4v) is 4.73. The Morgan fingerprint density at radius 3 is 2.31 bits per heavy atom. The van der Waals surface area contributed by atoms with Crippen molar-refractivity contribution in [3.8, 4) is 0 Å². The van der Waals surface area contributed by atoms with Crippen molar-refractivity contribution in [3.05, 3.63) is 77.9 Å². The summed E-state index contributed by atoms with van der Waals surface area (Å²) >= 11 is 0. The number of carbonyl (C=O) groups excluding carboxylic acids is 1. The van der Waals surface area contributed by atoms with Gasteiger partial charge in [0.1, 0.15) is 6.54 Å².